The summed E-state index contributed by atoms with van der Waals surface area (Å²) in [4.78, 5) is 14.6. The van der Waals surface area contributed by atoms with E-state index in [0.717, 1.165) is 61.4 Å². The van der Waals surface area contributed by atoms with Crippen molar-refractivity contribution < 1.29 is 21.6 Å². The van der Waals surface area contributed by atoms with Crippen LogP contribution in [-0.2, 0) is 43.5 Å². The number of rotatable bonds is 13. The molecule has 2 aromatic heterocycles. The zero-order valence-electron chi connectivity index (χ0n) is 33.4. The second-order valence-corrected chi connectivity index (χ2v) is 22.0. The van der Waals surface area contributed by atoms with E-state index in [0.29, 0.717) is 72.8 Å². The molecule has 6 aromatic rings. The number of aromatic nitrogens is 2. The number of methoxy groups -OCH3 is 1. The van der Waals surface area contributed by atoms with Gasteiger partial charge in [-0.1, -0.05) is 96.3 Å². The Balaban J connectivity index is 0.000000184. The van der Waals surface area contributed by atoms with E-state index in [1.54, 1.807) is 62.7 Å². The molecule has 0 amide bonds. The summed E-state index contributed by atoms with van der Waals surface area (Å²) in [6.07, 6.45) is 1.53. The molecule has 2 fully saturated rings. The Morgan fingerprint density at radius 2 is 1.00 bits per heavy atom. The third-order valence-electron chi connectivity index (χ3n) is 10.3. The summed E-state index contributed by atoms with van der Waals surface area (Å²) in [7, 11) is -5.27. The molecule has 322 valence electrons. The second-order valence-electron chi connectivity index (χ2n) is 14.4. The smallest absolute Gasteiger partial charge is 0.243 e. The number of thiazole rings is 2. The van der Waals surface area contributed by atoms with E-state index in [-0.39, 0.29) is 0 Å². The number of benzene rings is 4. The van der Waals surface area contributed by atoms with E-state index in [2.05, 4.69) is 86.5 Å². The number of ether oxygens (including phenoxy) is 1. The van der Waals surface area contributed by atoms with Gasteiger partial charge in [0.2, 0.25) is 20.0 Å². The number of nitrogens with zero attached hydrogens (tertiary/aromatic N) is 6. The van der Waals surface area contributed by atoms with Crippen LogP contribution in [0.5, 0.6) is 5.75 Å². The number of hydrogen-bond acceptors (Lipinski definition) is 11. The molecular weight excluding hydrogens is 1050 g/mol. The lowest BCUT2D eigenvalue weighted by Crippen LogP contribution is -2.48. The summed E-state index contributed by atoms with van der Waals surface area (Å²) in [6.45, 7) is 4.37. The summed E-state index contributed by atoms with van der Waals surface area (Å²) < 4.78 is 61.3. The Bertz CT molecular complexity index is 2600. The quantitative estimate of drug-likeness (QED) is 0.105. The highest BCUT2D eigenvalue weighted by Crippen LogP contribution is 2.28. The fourth-order valence-corrected chi connectivity index (χ4v) is 12.7. The minimum atomic E-state index is -3.47. The monoisotopic (exact) mass is 1090 g/mol. The molecule has 0 atom stereocenters. The van der Waals surface area contributed by atoms with Gasteiger partial charge < -0.3 is 14.5 Å². The number of anilines is 2. The maximum absolute atomic E-state index is 13.0. The highest BCUT2D eigenvalue weighted by atomic mass is 79.9. The molecule has 0 unspecified atom stereocenters. The molecule has 0 aliphatic carbocycles. The summed E-state index contributed by atoms with van der Waals surface area (Å²) in [6, 6.07) is 30.4. The maximum Gasteiger partial charge on any atom is 0.243 e. The Morgan fingerprint density at radius 3 is 1.41 bits per heavy atom. The first kappa shape index (κ1) is 45.8. The fraction of sp³-hybridized carbons (Fsp3) is 0.302. The van der Waals surface area contributed by atoms with Gasteiger partial charge in [-0.3, -0.25) is 0 Å². The van der Waals surface area contributed by atoms with Crippen molar-refractivity contribution in [1.29, 1.82) is 0 Å². The molecule has 4 aromatic carbocycles. The lowest BCUT2D eigenvalue weighted by Gasteiger charge is -2.33. The van der Waals surface area contributed by atoms with Crippen molar-refractivity contribution in [2.75, 3.05) is 69.3 Å². The standard InChI is InChI=1S/C22H24BrN3O3S2.C21H21Br2N3O2S2/c1-29-20-4-2-3-18(14-20)13-19-16-30-22(24-19)25-9-11-26(12-10-25)31(27,28)21-7-5-17(15-23)6-8-21;22-14-16-4-6-20(7-5-16)30(27,28)26-10-8-25(9-11-26)21-24-19(15-29-21)13-17-2-1-3-18(23)12-17/h2-8,14,16H,9-13,15H2,1H3;1-7,12,15H,8-11,13-14H2. The Labute approximate surface area is 391 Å². The van der Waals surface area contributed by atoms with E-state index in [4.69, 9.17) is 14.7 Å². The first-order valence-corrected chi connectivity index (χ1v) is 27.2. The van der Waals surface area contributed by atoms with Gasteiger partial charge in [0.15, 0.2) is 10.3 Å². The molecule has 0 saturated carbocycles. The Morgan fingerprint density at radius 1 is 0.574 bits per heavy atom. The van der Waals surface area contributed by atoms with Crippen LogP contribution in [0.25, 0.3) is 0 Å². The van der Waals surface area contributed by atoms with Gasteiger partial charge in [-0.05, 0) is 70.8 Å². The highest BCUT2D eigenvalue weighted by molar-refractivity contribution is 9.10. The normalized spacial score (nSPS) is 15.3. The van der Waals surface area contributed by atoms with Gasteiger partial charge in [0.25, 0.3) is 0 Å². The van der Waals surface area contributed by atoms with Gasteiger partial charge in [-0.2, -0.15) is 8.61 Å². The predicted molar refractivity (Wildman–Crippen MR) is 257 cm³/mol. The van der Waals surface area contributed by atoms with Gasteiger partial charge in [0.05, 0.1) is 28.3 Å². The number of halogens is 3. The van der Waals surface area contributed by atoms with Crippen LogP contribution in [0, 0.1) is 0 Å². The van der Waals surface area contributed by atoms with Crippen LogP contribution >= 0.6 is 70.5 Å². The summed E-state index contributed by atoms with van der Waals surface area (Å²) >= 11 is 13.5. The Kier molecular flexibility index (Phi) is 15.8. The molecular formula is C43H45Br3N6O5S4. The molecule has 0 spiro atoms. The summed E-state index contributed by atoms with van der Waals surface area (Å²) in [5, 5.41) is 7.48. The molecule has 0 N–H and O–H groups in total. The van der Waals surface area contributed by atoms with Crippen LogP contribution in [0.4, 0.5) is 10.3 Å². The van der Waals surface area contributed by atoms with E-state index in [1.807, 2.05) is 54.6 Å². The molecule has 11 nitrogen and oxygen atoms in total. The summed E-state index contributed by atoms with van der Waals surface area (Å²) in [5.74, 6) is 0.840. The molecule has 2 aliphatic rings. The number of sulfonamides is 2. The van der Waals surface area contributed by atoms with E-state index in [9.17, 15) is 16.8 Å². The van der Waals surface area contributed by atoms with E-state index < -0.39 is 20.0 Å². The van der Waals surface area contributed by atoms with Gasteiger partial charge in [0, 0.05) is 91.1 Å². The predicted octanol–water partition coefficient (Wildman–Crippen LogP) is 9.05. The van der Waals surface area contributed by atoms with Crippen LogP contribution in [0.2, 0.25) is 0 Å². The van der Waals surface area contributed by atoms with Crippen LogP contribution in [0.15, 0.2) is 122 Å². The van der Waals surface area contributed by atoms with E-state index in [1.165, 1.54) is 5.56 Å². The van der Waals surface area contributed by atoms with Crippen molar-refractivity contribution in [1.82, 2.24) is 18.6 Å². The average Bonchev–Trinajstić information content (AvgIpc) is 3.97. The second kappa shape index (κ2) is 21.0. The number of hydrogen-bond donors (Lipinski definition) is 0. The van der Waals surface area contributed by atoms with Gasteiger partial charge in [0.1, 0.15) is 5.75 Å². The Hall–Kier alpha value is -3.20. The number of piperazine rings is 2. The molecule has 61 heavy (non-hydrogen) atoms. The SMILES string of the molecule is COc1cccc(Cc2csc(N3CCN(S(=O)(=O)c4ccc(CBr)cc4)CC3)n2)c1.O=S(=O)(c1ccc(CBr)cc1)N1CCN(c2nc(Cc3cccc(Br)c3)cs2)CC1. The molecule has 18 heteroatoms. The molecule has 0 radical (unpaired) electrons. The highest BCUT2D eigenvalue weighted by Gasteiger charge is 2.31. The van der Waals surface area contributed by atoms with Gasteiger partial charge in [-0.25, -0.2) is 26.8 Å². The van der Waals surface area contributed by atoms with Crippen molar-refractivity contribution in [3.05, 3.63) is 146 Å². The van der Waals surface area contributed by atoms with Crippen LogP contribution in [0.1, 0.15) is 33.6 Å². The van der Waals surface area contributed by atoms with Crippen molar-refractivity contribution in [3.8, 4) is 5.75 Å². The van der Waals surface area contributed by atoms with Crippen molar-refractivity contribution in [2.24, 2.45) is 0 Å². The van der Waals surface area contributed by atoms with Gasteiger partial charge >= 0.3 is 0 Å². The lowest BCUT2D eigenvalue weighted by atomic mass is 10.1. The van der Waals surface area contributed by atoms with Crippen LogP contribution in [-0.4, -0.2) is 94.9 Å². The molecule has 4 heterocycles. The lowest BCUT2D eigenvalue weighted by molar-refractivity contribution is 0.384. The molecule has 2 saturated heterocycles. The third kappa shape index (κ3) is 11.7. The molecule has 8 rings (SSSR count). The zero-order chi connectivity index (χ0) is 43.0. The largest absolute Gasteiger partial charge is 0.497 e. The minimum Gasteiger partial charge on any atom is -0.497 e. The first-order chi connectivity index (χ1) is 29.4. The maximum atomic E-state index is 13.0. The van der Waals surface area contributed by atoms with Crippen LogP contribution in [0.3, 0.4) is 0 Å². The van der Waals surface area contributed by atoms with Crippen molar-refractivity contribution >= 4 is 101 Å². The average molecular weight is 1090 g/mol. The number of alkyl halides is 2. The van der Waals surface area contributed by atoms with Crippen molar-refractivity contribution in [3.63, 3.8) is 0 Å². The third-order valence-corrected chi connectivity index (χ3v) is 17.8. The fourth-order valence-electron chi connectivity index (χ4n) is 6.93. The molecule has 2 aliphatic heterocycles. The molecule has 0 bridgehead atoms. The topological polar surface area (TPSA) is 116 Å². The summed E-state index contributed by atoms with van der Waals surface area (Å²) in [5.41, 5.74) is 6.52. The van der Waals surface area contributed by atoms with E-state index >= 15 is 0 Å². The van der Waals surface area contributed by atoms with Crippen molar-refractivity contribution in [2.45, 2.75) is 33.3 Å². The van der Waals surface area contributed by atoms with Crippen LogP contribution < -0.4 is 14.5 Å². The van der Waals surface area contributed by atoms with Gasteiger partial charge in [-0.15, -0.1) is 22.7 Å². The zero-order valence-corrected chi connectivity index (χ0v) is 41.4. The minimum absolute atomic E-state index is 0.348. The first-order valence-electron chi connectivity index (χ1n) is 19.5.